The van der Waals surface area contributed by atoms with Gasteiger partial charge in [-0.1, -0.05) is 16.8 Å². The molecule has 1 aliphatic heterocycles. The Morgan fingerprint density at radius 3 is 3.00 bits per heavy atom. The molecule has 0 fully saturated rings. The predicted octanol–water partition coefficient (Wildman–Crippen LogP) is 3.51. The third kappa shape index (κ3) is 2.64. The molecule has 0 atom stereocenters. The first kappa shape index (κ1) is 17.2. The summed E-state index contributed by atoms with van der Waals surface area (Å²) in [5.74, 6) is 0.863. The average Bonchev–Trinajstić information content (AvgIpc) is 3.40. The van der Waals surface area contributed by atoms with Crippen molar-refractivity contribution in [3.05, 3.63) is 52.8 Å². The summed E-state index contributed by atoms with van der Waals surface area (Å²) < 4.78 is 14.5. The molecule has 0 saturated carbocycles. The lowest BCUT2D eigenvalue weighted by atomic mass is 10.0. The van der Waals surface area contributed by atoms with E-state index in [0.29, 0.717) is 28.9 Å². The second-order valence-electron chi connectivity index (χ2n) is 6.56. The Hall–Kier alpha value is -2.97. The Morgan fingerprint density at radius 1 is 1.29 bits per heavy atom. The van der Waals surface area contributed by atoms with E-state index < -0.39 is 0 Å². The van der Waals surface area contributed by atoms with Crippen molar-refractivity contribution in [1.82, 2.24) is 29.5 Å². The number of halogens is 1. The van der Waals surface area contributed by atoms with Crippen LogP contribution in [0.2, 0.25) is 5.02 Å². The molecule has 5 rings (SSSR count). The number of hydrogen-bond acceptors (Lipinski definition) is 6. The van der Waals surface area contributed by atoms with Crippen molar-refractivity contribution in [2.45, 2.75) is 26.5 Å². The number of rotatable bonds is 4. The highest BCUT2D eigenvalue weighted by atomic mass is 35.5. The quantitative estimate of drug-likeness (QED) is 0.462. The van der Waals surface area contributed by atoms with Crippen LogP contribution < -0.4 is 0 Å². The summed E-state index contributed by atoms with van der Waals surface area (Å²) in [4.78, 5) is 8.98. The number of imidazole rings is 1. The van der Waals surface area contributed by atoms with Crippen molar-refractivity contribution in [3.63, 3.8) is 0 Å². The molecule has 0 radical (unpaired) electrons. The second kappa shape index (κ2) is 6.57. The Balaban J connectivity index is 1.71. The minimum Gasteiger partial charge on any atom is -0.377 e. The first-order valence-electron chi connectivity index (χ1n) is 8.92. The molecular weight excluding hydrogens is 380 g/mol. The molecule has 0 aliphatic carbocycles. The zero-order valence-electron chi connectivity index (χ0n) is 15.4. The van der Waals surface area contributed by atoms with Crippen molar-refractivity contribution in [2.75, 3.05) is 7.11 Å². The van der Waals surface area contributed by atoms with Crippen molar-refractivity contribution in [2.24, 2.45) is 0 Å². The predicted molar refractivity (Wildman–Crippen MR) is 102 cm³/mol. The molecular formula is C19H17ClN6O2. The summed E-state index contributed by atoms with van der Waals surface area (Å²) >= 11 is 6.29. The van der Waals surface area contributed by atoms with Gasteiger partial charge in [-0.2, -0.15) is 10.1 Å². The minimum atomic E-state index is 0.286. The van der Waals surface area contributed by atoms with Crippen molar-refractivity contribution in [3.8, 4) is 28.5 Å². The Morgan fingerprint density at radius 2 is 2.18 bits per heavy atom. The number of fused-ring (bicyclic) bond motifs is 5. The standard InChI is InChI=1S/C19H17ClN6O2/c1-3-25-8-11-6-15-18(19-22-16(9-27-2)24-28-19)21-10-26(15)14-5-4-12(20)7-13(14)17(11)23-25/h4-5,7-8,10H,3,6,9H2,1-2H3. The zero-order chi connectivity index (χ0) is 19.3. The second-order valence-corrected chi connectivity index (χ2v) is 6.99. The highest BCUT2D eigenvalue weighted by Gasteiger charge is 2.27. The van der Waals surface area contributed by atoms with Gasteiger partial charge in [0.15, 0.2) is 11.5 Å². The van der Waals surface area contributed by atoms with E-state index in [9.17, 15) is 0 Å². The third-order valence-electron chi connectivity index (χ3n) is 4.80. The van der Waals surface area contributed by atoms with E-state index in [1.807, 2.05) is 27.4 Å². The number of ether oxygens (including phenoxy) is 1. The van der Waals surface area contributed by atoms with Crippen LogP contribution in [0.5, 0.6) is 0 Å². The van der Waals surface area contributed by atoms with Gasteiger partial charge in [-0.25, -0.2) is 4.98 Å². The number of benzene rings is 1. The summed E-state index contributed by atoms with van der Waals surface area (Å²) in [5.41, 5.74) is 5.60. The minimum absolute atomic E-state index is 0.286. The van der Waals surface area contributed by atoms with E-state index in [1.54, 1.807) is 13.4 Å². The highest BCUT2D eigenvalue weighted by Crippen LogP contribution is 2.38. The van der Waals surface area contributed by atoms with Crippen LogP contribution >= 0.6 is 11.6 Å². The smallest absolute Gasteiger partial charge is 0.278 e. The molecule has 0 N–H and O–H groups in total. The SMILES string of the molecule is CCn1cc2c(n1)-c1cc(Cl)ccc1-n1cnc(-c3nc(COC)no3)c1C2. The fraction of sp³-hybridized carbons (Fsp3) is 0.263. The van der Waals surface area contributed by atoms with Crippen LogP contribution in [0.15, 0.2) is 35.2 Å². The number of aryl methyl sites for hydroxylation is 1. The van der Waals surface area contributed by atoms with E-state index in [4.69, 9.17) is 26.0 Å². The van der Waals surface area contributed by atoms with Gasteiger partial charge < -0.3 is 13.8 Å². The summed E-state index contributed by atoms with van der Waals surface area (Å²) in [6.45, 7) is 3.14. The van der Waals surface area contributed by atoms with E-state index in [2.05, 4.69) is 28.2 Å². The van der Waals surface area contributed by atoms with E-state index in [-0.39, 0.29) is 6.61 Å². The number of nitrogens with zero attached hydrogens (tertiary/aromatic N) is 6. The molecule has 8 nitrogen and oxygen atoms in total. The van der Waals surface area contributed by atoms with Gasteiger partial charge in [-0.15, -0.1) is 0 Å². The first-order valence-corrected chi connectivity index (χ1v) is 9.30. The number of aromatic nitrogens is 6. The topological polar surface area (TPSA) is 83.8 Å². The normalized spacial score (nSPS) is 12.4. The molecule has 1 aliphatic rings. The Bertz CT molecular complexity index is 1180. The molecule has 1 aromatic carbocycles. The largest absolute Gasteiger partial charge is 0.377 e. The average molecular weight is 397 g/mol. The summed E-state index contributed by atoms with van der Waals surface area (Å²) in [6, 6.07) is 5.80. The van der Waals surface area contributed by atoms with Crippen LogP contribution in [0.4, 0.5) is 0 Å². The highest BCUT2D eigenvalue weighted by molar-refractivity contribution is 6.31. The fourth-order valence-electron chi connectivity index (χ4n) is 3.54. The van der Waals surface area contributed by atoms with Gasteiger partial charge >= 0.3 is 0 Å². The molecule has 4 heterocycles. The van der Waals surface area contributed by atoms with Crippen LogP contribution in [0, 0.1) is 0 Å². The zero-order valence-corrected chi connectivity index (χ0v) is 16.1. The van der Waals surface area contributed by atoms with Crippen molar-refractivity contribution < 1.29 is 9.26 Å². The van der Waals surface area contributed by atoms with E-state index >= 15 is 0 Å². The summed E-state index contributed by atoms with van der Waals surface area (Å²) in [5, 5.41) is 9.39. The lowest BCUT2D eigenvalue weighted by Crippen LogP contribution is -2.01. The molecule has 9 heteroatoms. The van der Waals surface area contributed by atoms with Gasteiger partial charge in [0, 0.05) is 42.4 Å². The number of methoxy groups -OCH3 is 1. The summed E-state index contributed by atoms with van der Waals surface area (Å²) in [6.07, 6.45) is 4.48. The van der Waals surface area contributed by atoms with Gasteiger partial charge in [0.25, 0.3) is 5.89 Å². The van der Waals surface area contributed by atoms with Crippen molar-refractivity contribution in [1.29, 1.82) is 0 Å². The molecule has 0 saturated heterocycles. The molecule has 28 heavy (non-hydrogen) atoms. The van der Waals surface area contributed by atoms with Crippen LogP contribution in [0.3, 0.4) is 0 Å². The van der Waals surface area contributed by atoms with E-state index in [0.717, 1.165) is 34.7 Å². The molecule has 4 aromatic rings. The van der Waals surface area contributed by atoms with Gasteiger partial charge in [0.05, 0.1) is 17.1 Å². The first-order chi connectivity index (χ1) is 13.7. The maximum Gasteiger partial charge on any atom is 0.278 e. The van der Waals surface area contributed by atoms with Gasteiger partial charge in [0.2, 0.25) is 0 Å². The van der Waals surface area contributed by atoms with Gasteiger partial charge in [-0.3, -0.25) is 4.68 Å². The summed E-state index contributed by atoms with van der Waals surface area (Å²) in [7, 11) is 1.59. The molecule has 0 unspecified atom stereocenters. The Labute approximate surface area is 165 Å². The van der Waals surface area contributed by atoms with Crippen LogP contribution in [0.25, 0.3) is 28.5 Å². The fourth-order valence-corrected chi connectivity index (χ4v) is 3.71. The molecule has 0 bridgehead atoms. The molecule has 0 amide bonds. The van der Waals surface area contributed by atoms with Crippen LogP contribution in [0.1, 0.15) is 24.0 Å². The van der Waals surface area contributed by atoms with Crippen LogP contribution in [-0.2, 0) is 24.3 Å². The molecule has 3 aromatic heterocycles. The number of hydrogen-bond donors (Lipinski definition) is 0. The monoisotopic (exact) mass is 396 g/mol. The lowest BCUT2D eigenvalue weighted by molar-refractivity contribution is 0.174. The van der Waals surface area contributed by atoms with Gasteiger partial charge in [0.1, 0.15) is 12.9 Å². The third-order valence-corrected chi connectivity index (χ3v) is 5.04. The van der Waals surface area contributed by atoms with Crippen LogP contribution in [-0.4, -0.2) is 36.6 Å². The van der Waals surface area contributed by atoms with Gasteiger partial charge in [-0.05, 0) is 25.1 Å². The molecule has 0 spiro atoms. The van der Waals surface area contributed by atoms with Crippen molar-refractivity contribution >= 4 is 11.6 Å². The maximum atomic E-state index is 6.29. The lowest BCUT2D eigenvalue weighted by Gasteiger charge is -2.09. The van der Waals surface area contributed by atoms with E-state index in [1.165, 1.54) is 0 Å². The Kier molecular flexibility index (Phi) is 4.03. The molecule has 142 valence electrons. The maximum absolute atomic E-state index is 6.29.